The topological polar surface area (TPSA) is 163 Å². The molecule has 0 amide bonds. The molecule has 2 saturated carbocycles. The molecule has 21 atom stereocenters. The molecular formula is C43H70O16. The summed E-state index contributed by atoms with van der Waals surface area (Å²) in [6.07, 6.45) is -2.64. The molecule has 0 spiro atoms. The molecule has 0 aromatic carbocycles. The standard InChI is InChI=1S/C43H70O16/c1-21-10-28(21)32-15-25-12-24(56-42-40(50-8)38(48-6)34(46-4)19-52-42)13-26(54-25)17-36(44)57-33(29-11-22(29)2)16-27-14-30(23(3)31(55-27)18-37(45)58-32)59-43-41(51-9)39(49-7)35(47-5)20-53-43/h21-35,38-43H,10-20H2,1-9H3. The van der Waals surface area contributed by atoms with Gasteiger partial charge in [-0.1, -0.05) is 20.8 Å². The van der Waals surface area contributed by atoms with Gasteiger partial charge in [-0.3, -0.25) is 9.59 Å². The summed E-state index contributed by atoms with van der Waals surface area (Å²) in [4.78, 5) is 28.0. The van der Waals surface area contributed by atoms with Gasteiger partial charge in [0.1, 0.15) is 48.8 Å². The summed E-state index contributed by atoms with van der Waals surface area (Å²) in [6, 6.07) is 0. The van der Waals surface area contributed by atoms with E-state index in [1.165, 1.54) is 0 Å². The number of hydrogen-bond donors (Lipinski definition) is 0. The lowest BCUT2D eigenvalue weighted by molar-refractivity contribution is -0.309. The van der Waals surface area contributed by atoms with Crippen LogP contribution < -0.4 is 0 Å². The molecule has 2 aliphatic carbocycles. The Balaban J connectivity index is 1.11. The Labute approximate surface area is 349 Å². The maximum atomic E-state index is 14.1. The predicted octanol–water partition coefficient (Wildman–Crippen LogP) is 3.61. The molecule has 59 heavy (non-hydrogen) atoms. The van der Waals surface area contributed by atoms with Gasteiger partial charge in [0.05, 0.1) is 62.7 Å². The molecular weight excluding hydrogens is 772 g/mol. The van der Waals surface area contributed by atoms with Crippen LogP contribution in [0.25, 0.3) is 0 Å². The molecule has 21 unspecified atom stereocenters. The van der Waals surface area contributed by atoms with Crippen LogP contribution in [0.4, 0.5) is 0 Å². The minimum absolute atomic E-state index is 0.0472. The summed E-state index contributed by atoms with van der Waals surface area (Å²) in [6.45, 7) is 6.95. The van der Waals surface area contributed by atoms with E-state index in [4.69, 9.17) is 66.3 Å². The first-order chi connectivity index (χ1) is 28.5. The molecule has 7 rings (SSSR count). The van der Waals surface area contributed by atoms with Crippen molar-refractivity contribution in [3.63, 3.8) is 0 Å². The first-order valence-electron chi connectivity index (χ1n) is 21.9. The summed E-state index contributed by atoms with van der Waals surface area (Å²) in [7, 11) is 9.69. The normalized spacial score (nSPS) is 48.5. The summed E-state index contributed by atoms with van der Waals surface area (Å²) in [5.41, 5.74) is 0. The zero-order chi connectivity index (χ0) is 42.0. The highest BCUT2D eigenvalue weighted by Gasteiger charge is 2.51. The summed E-state index contributed by atoms with van der Waals surface area (Å²) >= 11 is 0. The largest absolute Gasteiger partial charge is 0.462 e. The highest BCUT2D eigenvalue weighted by atomic mass is 16.7. The van der Waals surface area contributed by atoms with E-state index in [0.29, 0.717) is 43.9 Å². The number of carbonyl (C=O) groups excluding carboxylic acids is 2. The third kappa shape index (κ3) is 10.8. The van der Waals surface area contributed by atoms with Crippen molar-refractivity contribution in [2.45, 2.75) is 177 Å². The molecule has 0 radical (unpaired) electrons. The summed E-state index contributed by atoms with van der Waals surface area (Å²) < 4.78 is 86.4. The van der Waals surface area contributed by atoms with Gasteiger partial charge in [0.2, 0.25) is 0 Å². The Bertz CT molecular complexity index is 1360. The number of rotatable bonds is 12. The highest BCUT2D eigenvalue weighted by molar-refractivity contribution is 5.71. The third-order valence-electron chi connectivity index (χ3n) is 14.2. The van der Waals surface area contributed by atoms with E-state index in [-0.39, 0.29) is 105 Å². The van der Waals surface area contributed by atoms with Gasteiger partial charge in [0.15, 0.2) is 12.6 Å². The quantitative estimate of drug-likeness (QED) is 0.262. The van der Waals surface area contributed by atoms with Gasteiger partial charge < -0.3 is 66.3 Å². The highest BCUT2D eigenvalue weighted by Crippen LogP contribution is 2.47. The van der Waals surface area contributed by atoms with E-state index in [1.54, 1.807) is 42.7 Å². The molecule has 7 aliphatic rings. The van der Waals surface area contributed by atoms with Crippen LogP contribution in [0.2, 0.25) is 0 Å². The van der Waals surface area contributed by atoms with E-state index in [2.05, 4.69) is 13.8 Å². The second-order valence-corrected chi connectivity index (χ2v) is 18.1. The van der Waals surface area contributed by atoms with Crippen molar-refractivity contribution in [3.8, 4) is 0 Å². The monoisotopic (exact) mass is 842 g/mol. The van der Waals surface area contributed by atoms with Crippen molar-refractivity contribution in [2.24, 2.45) is 29.6 Å². The Kier molecular flexibility index (Phi) is 15.7. The van der Waals surface area contributed by atoms with Crippen LogP contribution >= 0.6 is 0 Å². The van der Waals surface area contributed by atoms with E-state index >= 15 is 0 Å². The van der Waals surface area contributed by atoms with Crippen molar-refractivity contribution in [1.29, 1.82) is 0 Å². The van der Waals surface area contributed by atoms with Gasteiger partial charge in [-0.2, -0.15) is 0 Å². The fourth-order valence-corrected chi connectivity index (χ4v) is 10.4. The first-order valence-corrected chi connectivity index (χ1v) is 21.9. The van der Waals surface area contributed by atoms with Crippen LogP contribution in [-0.4, -0.2) is 166 Å². The number of carbonyl (C=O) groups is 2. The molecule has 0 N–H and O–H groups in total. The van der Waals surface area contributed by atoms with Gasteiger partial charge in [-0.05, 0) is 36.5 Å². The van der Waals surface area contributed by atoms with Crippen LogP contribution in [0.15, 0.2) is 0 Å². The molecule has 7 fully saturated rings. The fraction of sp³-hybridized carbons (Fsp3) is 0.953. The molecule has 0 aromatic rings. The average molecular weight is 843 g/mol. The number of cyclic esters (lactones) is 2. The predicted molar refractivity (Wildman–Crippen MR) is 207 cm³/mol. The van der Waals surface area contributed by atoms with Crippen LogP contribution in [0.3, 0.4) is 0 Å². The number of hydrogen-bond acceptors (Lipinski definition) is 16. The van der Waals surface area contributed by atoms with Gasteiger partial charge in [-0.25, -0.2) is 0 Å². The van der Waals surface area contributed by atoms with Crippen LogP contribution in [0, 0.1) is 29.6 Å². The van der Waals surface area contributed by atoms with Crippen molar-refractivity contribution < 1.29 is 75.9 Å². The molecule has 16 heteroatoms. The van der Waals surface area contributed by atoms with Crippen molar-refractivity contribution in [1.82, 2.24) is 0 Å². The van der Waals surface area contributed by atoms with E-state index in [0.717, 1.165) is 12.8 Å². The molecule has 5 saturated heterocycles. The Morgan fingerprint density at radius 1 is 0.475 bits per heavy atom. The lowest BCUT2D eigenvalue weighted by Gasteiger charge is -2.45. The molecule has 0 aromatic heterocycles. The summed E-state index contributed by atoms with van der Waals surface area (Å²) in [5.74, 6) is 0.379. The Hall–Kier alpha value is -1.54. The minimum atomic E-state index is -0.730. The average Bonchev–Trinajstić information content (AvgIpc) is 4.14. The number of methoxy groups -OCH3 is 6. The zero-order valence-electron chi connectivity index (χ0n) is 36.4. The van der Waals surface area contributed by atoms with Crippen LogP contribution in [-0.2, 0) is 75.9 Å². The molecule has 4 bridgehead atoms. The Morgan fingerprint density at radius 2 is 0.949 bits per heavy atom. The molecule has 16 nitrogen and oxygen atoms in total. The molecule has 5 aliphatic heterocycles. The molecule has 338 valence electrons. The van der Waals surface area contributed by atoms with Gasteiger partial charge >= 0.3 is 11.9 Å². The second kappa shape index (κ2) is 20.3. The lowest BCUT2D eigenvalue weighted by atomic mass is 9.86. The fourth-order valence-electron chi connectivity index (χ4n) is 10.4. The van der Waals surface area contributed by atoms with E-state index < -0.39 is 49.2 Å². The third-order valence-corrected chi connectivity index (χ3v) is 14.2. The molecule has 5 heterocycles. The minimum Gasteiger partial charge on any atom is -0.462 e. The Morgan fingerprint density at radius 3 is 1.44 bits per heavy atom. The summed E-state index contributed by atoms with van der Waals surface area (Å²) in [5, 5.41) is 0. The first kappa shape index (κ1) is 45.5. The smallest absolute Gasteiger partial charge is 0.308 e. The van der Waals surface area contributed by atoms with Gasteiger partial charge in [0, 0.05) is 80.7 Å². The van der Waals surface area contributed by atoms with Gasteiger partial charge in [-0.15, -0.1) is 0 Å². The number of fused-ring (bicyclic) bond motifs is 4. The van der Waals surface area contributed by atoms with E-state index in [9.17, 15) is 9.59 Å². The van der Waals surface area contributed by atoms with Crippen molar-refractivity contribution in [3.05, 3.63) is 0 Å². The maximum absolute atomic E-state index is 14.1. The second-order valence-electron chi connectivity index (χ2n) is 18.1. The van der Waals surface area contributed by atoms with E-state index in [1.807, 2.05) is 6.92 Å². The zero-order valence-corrected chi connectivity index (χ0v) is 36.4. The number of ether oxygens (including phenoxy) is 14. The maximum Gasteiger partial charge on any atom is 0.308 e. The lowest BCUT2D eigenvalue weighted by Crippen LogP contribution is -2.58. The van der Waals surface area contributed by atoms with Gasteiger partial charge in [0.25, 0.3) is 0 Å². The van der Waals surface area contributed by atoms with Crippen LogP contribution in [0.1, 0.15) is 78.6 Å². The number of esters is 2. The van der Waals surface area contributed by atoms with Crippen molar-refractivity contribution in [2.75, 3.05) is 55.9 Å². The van der Waals surface area contributed by atoms with Crippen molar-refractivity contribution >= 4 is 11.9 Å². The van der Waals surface area contributed by atoms with Crippen LogP contribution in [0.5, 0.6) is 0 Å². The SMILES string of the molecule is COC1COC(OC2CC3CC(=O)OC(C4CC4C)CC4CC(OC5OCC(OC)C(OC)C5OC)C(C)C(CC(=O)OC(C5CC5C)CC(C2)O3)O4)C(OC)C1OC.